The van der Waals surface area contributed by atoms with Gasteiger partial charge in [-0.15, -0.1) is 5.10 Å². The van der Waals surface area contributed by atoms with Crippen LogP contribution in [0.25, 0.3) is 0 Å². The maximum absolute atomic E-state index is 5.38. The van der Waals surface area contributed by atoms with Crippen LogP contribution in [-0.2, 0) is 4.74 Å². The molecule has 0 saturated carbocycles. The fourth-order valence-corrected chi connectivity index (χ4v) is 2.61. The number of methoxy groups -OCH3 is 1. The summed E-state index contributed by atoms with van der Waals surface area (Å²) in [6.07, 6.45) is 2.49. The van der Waals surface area contributed by atoms with E-state index in [1.54, 1.807) is 7.11 Å². The third-order valence-electron chi connectivity index (χ3n) is 3.26. The lowest BCUT2D eigenvalue weighted by Gasteiger charge is -2.32. The maximum atomic E-state index is 5.38. The normalized spacial score (nSPS) is 18.0. The summed E-state index contributed by atoms with van der Waals surface area (Å²) in [7, 11) is 1.78. The van der Waals surface area contributed by atoms with E-state index in [0.29, 0.717) is 16.9 Å². The van der Waals surface area contributed by atoms with Gasteiger partial charge in [0, 0.05) is 26.2 Å². The first-order valence-electron chi connectivity index (χ1n) is 6.08. The molecule has 1 aliphatic heterocycles. The Kier molecular flexibility index (Phi) is 3.83. The maximum Gasteiger partial charge on any atom is 0.225 e. The van der Waals surface area contributed by atoms with Gasteiger partial charge in [-0.2, -0.15) is 0 Å². The van der Waals surface area contributed by atoms with Crippen molar-refractivity contribution in [2.24, 2.45) is 0 Å². The predicted octanol–water partition coefficient (Wildman–Crippen LogP) is 2.14. The van der Waals surface area contributed by atoms with Crippen molar-refractivity contribution >= 4 is 18.2 Å². The molecule has 0 spiro atoms. The van der Waals surface area contributed by atoms with Gasteiger partial charge in [0.05, 0.1) is 6.10 Å². The number of H-pyrrole nitrogens is 1. The smallest absolute Gasteiger partial charge is 0.225 e. The minimum Gasteiger partial charge on any atom is -0.381 e. The van der Waals surface area contributed by atoms with E-state index < -0.39 is 0 Å². The molecule has 1 fully saturated rings. The van der Waals surface area contributed by atoms with Gasteiger partial charge < -0.3 is 9.64 Å². The molecule has 0 aliphatic carbocycles. The minimum atomic E-state index is 0.330. The fourth-order valence-electron chi connectivity index (χ4n) is 2.28. The lowest BCUT2D eigenvalue weighted by molar-refractivity contribution is 0.0815. The van der Waals surface area contributed by atoms with E-state index >= 15 is 0 Å². The number of piperidine rings is 1. The summed E-state index contributed by atoms with van der Waals surface area (Å²) in [5.41, 5.74) is 0. The number of hydrogen-bond acceptors (Lipinski definition) is 4. The molecule has 5 nitrogen and oxygen atoms in total. The van der Waals surface area contributed by atoms with E-state index in [9.17, 15) is 0 Å². The molecule has 1 aromatic rings. The Labute approximate surface area is 107 Å². The zero-order valence-corrected chi connectivity index (χ0v) is 11.5. The summed E-state index contributed by atoms with van der Waals surface area (Å²) in [5, 5.41) is 7.23. The Bertz CT molecular complexity index is 417. The number of ether oxygens (including phenoxy) is 1. The van der Waals surface area contributed by atoms with E-state index in [1.807, 2.05) is 0 Å². The largest absolute Gasteiger partial charge is 0.381 e. The second-order valence-electron chi connectivity index (χ2n) is 4.71. The van der Waals surface area contributed by atoms with E-state index in [4.69, 9.17) is 17.0 Å². The average molecular weight is 256 g/mol. The van der Waals surface area contributed by atoms with E-state index in [-0.39, 0.29) is 0 Å². The third kappa shape index (κ3) is 2.52. The summed E-state index contributed by atoms with van der Waals surface area (Å²) in [6, 6.07) is 0.330. The van der Waals surface area contributed by atoms with Crippen LogP contribution in [0.5, 0.6) is 0 Å². The second-order valence-corrected chi connectivity index (χ2v) is 5.10. The highest BCUT2D eigenvalue weighted by Crippen LogP contribution is 2.22. The van der Waals surface area contributed by atoms with Crippen LogP contribution in [0, 0.1) is 4.77 Å². The van der Waals surface area contributed by atoms with E-state index in [1.165, 1.54) is 0 Å². The molecule has 0 unspecified atom stereocenters. The Morgan fingerprint density at radius 1 is 1.41 bits per heavy atom. The molecule has 2 heterocycles. The van der Waals surface area contributed by atoms with Crippen molar-refractivity contribution < 1.29 is 4.74 Å². The first-order chi connectivity index (χ1) is 8.13. The summed E-state index contributed by atoms with van der Waals surface area (Å²) < 4.78 is 8.15. The number of nitrogens with zero attached hydrogens (tertiary/aromatic N) is 3. The van der Waals surface area contributed by atoms with Crippen molar-refractivity contribution in [2.45, 2.75) is 38.8 Å². The van der Waals surface area contributed by atoms with Crippen LogP contribution in [0.15, 0.2) is 0 Å². The molecule has 6 heteroatoms. The molecular weight excluding hydrogens is 236 g/mol. The van der Waals surface area contributed by atoms with Gasteiger partial charge in [0.15, 0.2) is 4.77 Å². The van der Waals surface area contributed by atoms with Gasteiger partial charge >= 0.3 is 0 Å². The topological polar surface area (TPSA) is 46.1 Å². The van der Waals surface area contributed by atoms with E-state index in [2.05, 4.69) is 33.5 Å². The van der Waals surface area contributed by atoms with Gasteiger partial charge in [-0.25, -0.2) is 5.10 Å². The lowest BCUT2D eigenvalue weighted by Crippen LogP contribution is -2.38. The Morgan fingerprint density at radius 2 is 2.06 bits per heavy atom. The molecule has 0 bridgehead atoms. The number of aromatic amines is 1. The Hall–Kier alpha value is -0.880. The molecule has 96 valence electrons. The monoisotopic (exact) mass is 256 g/mol. The van der Waals surface area contributed by atoms with Crippen LogP contribution >= 0.6 is 12.2 Å². The van der Waals surface area contributed by atoms with Crippen LogP contribution in [0.1, 0.15) is 32.7 Å². The summed E-state index contributed by atoms with van der Waals surface area (Å²) in [4.78, 5) is 2.28. The predicted molar refractivity (Wildman–Crippen MR) is 70.0 cm³/mol. The van der Waals surface area contributed by atoms with Crippen LogP contribution < -0.4 is 4.90 Å². The Morgan fingerprint density at radius 3 is 2.59 bits per heavy atom. The van der Waals surface area contributed by atoms with Crippen LogP contribution in [0.3, 0.4) is 0 Å². The highest BCUT2D eigenvalue weighted by atomic mass is 32.1. The molecule has 0 atom stereocenters. The molecule has 1 N–H and O–H groups in total. The zero-order valence-electron chi connectivity index (χ0n) is 10.6. The number of hydrogen-bond donors (Lipinski definition) is 1. The lowest BCUT2D eigenvalue weighted by atomic mass is 10.1. The van der Waals surface area contributed by atoms with Gasteiger partial charge in [0.1, 0.15) is 0 Å². The van der Waals surface area contributed by atoms with Crippen LogP contribution in [0.2, 0.25) is 0 Å². The number of rotatable bonds is 3. The molecule has 2 rings (SSSR count). The zero-order chi connectivity index (χ0) is 12.4. The molecule has 1 saturated heterocycles. The van der Waals surface area contributed by atoms with Gasteiger partial charge in [0.2, 0.25) is 5.95 Å². The number of aromatic nitrogens is 3. The van der Waals surface area contributed by atoms with Crippen LogP contribution in [-0.4, -0.2) is 41.1 Å². The minimum absolute atomic E-state index is 0.330. The standard InChI is InChI=1S/C11H20N4OS/c1-8(2)15-10(12-13-11(15)17)14-6-4-9(16-3)5-7-14/h8-9H,4-7H2,1-3H3,(H,13,17). The summed E-state index contributed by atoms with van der Waals surface area (Å²) in [6.45, 7) is 6.20. The average Bonchev–Trinajstić information content (AvgIpc) is 2.71. The molecule has 17 heavy (non-hydrogen) atoms. The number of nitrogens with one attached hydrogen (secondary N) is 1. The molecule has 1 aliphatic rings. The SMILES string of the molecule is COC1CCN(c2n[nH]c(=S)n2C(C)C)CC1. The van der Waals surface area contributed by atoms with Crippen molar-refractivity contribution in [2.75, 3.05) is 25.1 Å². The van der Waals surface area contributed by atoms with E-state index in [0.717, 1.165) is 31.9 Å². The summed E-state index contributed by atoms with van der Waals surface area (Å²) in [5.74, 6) is 0.958. The quantitative estimate of drug-likeness (QED) is 0.842. The van der Waals surface area contributed by atoms with Crippen molar-refractivity contribution in [1.29, 1.82) is 0 Å². The first kappa shape index (κ1) is 12.6. The third-order valence-corrected chi connectivity index (χ3v) is 3.55. The van der Waals surface area contributed by atoms with Gasteiger partial charge in [-0.3, -0.25) is 4.57 Å². The molecule has 0 aromatic carbocycles. The van der Waals surface area contributed by atoms with Gasteiger partial charge in [-0.1, -0.05) is 0 Å². The van der Waals surface area contributed by atoms with Crippen molar-refractivity contribution in [1.82, 2.24) is 14.8 Å². The van der Waals surface area contributed by atoms with Crippen molar-refractivity contribution in [3.63, 3.8) is 0 Å². The first-order valence-corrected chi connectivity index (χ1v) is 6.49. The summed E-state index contributed by atoms with van der Waals surface area (Å²) >= 11 is 5.26. The molecule has 0 amide bonds. The highest BCUT2D eigenvalue weighted by Gasteiger charge is 2.23. The van der Waals surface area contributed by atoms with Gasteiger partial charge in [0.25, 0.3) is 0 Å². The molecule has 1 aromatic heterocycles. The van der Waals surface area contributed by atoms with Crippen LogP contribution in [0.4, 0.5) is 5.95 Å². The van der Waals surface area contributed by atoms with Crippen molar-refractivity contribution in [3.05, 3.63) is 4.77 Å². The fraction of sp³-hybridized carbons (Fsp3) is 0.818. The van der Waals surface area contributed by atoms with Gasteiger partial charge in [-0.05, 0) is 38.9 Å². The molecule has 0 radical (unpaired) electrons. The second kappa shape index (κ2) is 5.18. The molecular formula is C11H20N4OS. The Balaban J connectivity index is 2.16. The highest BCUT2D eigenvalue weighted by molar-refractivity contribution is 7.71. The van der Waals surface area contributed by atoms with Crippen molar-refractivity contribution in [3.8, 4) is 0 Å². The number of anilines is 1.